The van der Waals surface area contributed by atoms with Crippen LogP contribution in [0.4, 0.5) is 0 Å². The third kappa shape index (κ3) is 2.71. The van der Waals surface area contributed by atoms with E-state index in [9.17, 15) is 4.79 Å². The lowest BCUT2D eigenvalue weighted by molar-refractivity contribution is -0.130. The summed E-state index contributed by atoms with van der Waals surface area (Å²) in [5.41, 5.74) is 1.09. The van der Waals surface area contributed by atoms with Gasteiger partial charge in [-0.3, -0.25) is 4.79 Å². The Balaban J connectivity index is 1.65. The van der Waals surface area contributed by atoms with Crippen molar-refractivity contribution in [2.45, 2.75) is 25.7 Å². The molecule has 3 rings (SSSR count). The van der Waals surface area contributed by atoms with Crippen LogP contribution in [0.5, 0.6) is 11.5 Å². The molecule has 0 aromatic heterocycles. The zero-order valence-electron chi connectivity index (χ0n) is 10.7. The Hall–Kier alpha value is -1.23. The Bertz CT molecular complexity index is 498. The summed E-state index contributed by atoms with van der Waals surface area (Å²) in [4.78, 5) is 14.0. The van der Waals surface area contributed by atoms with Crippen molar-refractivity contribution < 1.29 is 14.3 Å². The number of aryl methyl sites for hydroxylation is 1. The first-order valence-corrected chi connectivity index (χ1v) is 7.39. The maximum Gasteiger partial charge on any atom is 0.231 e. The van der Waals surface area contributed by atoms with Crippen LogP contribution in [-0.2, 0) is 11.2 Å². The molecule has 1 fully saturated rings. The summed E-state index contributed by atoms with van der Waals surface area (Å²) >= 11 is 3.52. The van der Waals surface area contributed by atoms with Crippen molar-refractivity contribution in [3.05, 3.63) is 22.2 Å². The van der Waals surface area contributed by atoms with Crippen molar-refractivity contribution in [2.24, 2.45) is 0 Å². The van der Waals surface area contributed by atoms with Gasteiger partial charge in [-0.15, -0.1) is 0 Å². The van der Waals surface area contributed by atoms with Crippen molar-refractivity contribution in [3.63, 3.8) is 0 Å². The number of rotatable bonds is 3. The van der Waals surface area contributed by atoms with E-state index in [-0.39, 0.29) is 12.7 Å². The highest BCUT2D eigenvalue weighted by atomic mass is 79.9. The number of nitrogens with zero attached hydrogens (tertiary/aromatic N) is 1. The average Bonchev–Trinajstić information content (AvgIpc) is 3.06. The normalized spacial score (nSPS) is 17.0. The van der Waals surface area contributed by atoms with Crippen LogP contribution in [0, 0.1) is 0 Å². The zero-order valence-corrected chi connectivity index (χ0v) is 12.2. The Morgan fingerprint density at radius 1 is 1.21 bits per heavy atom. The number of benzene rings is 1. The number of fused-ring (bicyclic) bond motifs is 1. The van der Waals surface area contributed by atoms with E-state index in [1.165, 1.54) is 0 Å². The van der Waals surface area contributed by atoms with Gasteiger partial charge in [-0.05, 0) is 37.0 Å². The standard InChI is InChI=1S/C14H16BrNO3/c15-11-8-13-12(18-9-19-13)7-10(11)3-4-14(17)16-5-1-2-6-16/h7-8H,1-6,9H2. The van der Waals surface area contributed by atoms with Gasteiger partial charge in [0.1, 0.15) is 0 Å². The van der Waals surface area contributed by atoms with Gasteiger partial charge < -0.3 is 14.4 Å². The van der Waals surface area contributed by atoms with E-state index in [2.05, 4.69) is 15.9 Å². The predicted octanol–water partition coefficient (Wildman–Crippen LogP) is 2.73. The number of carbonyl (C=O) groups is 1. The van der Waals surface area contributed by atoms with Gasteiger partial charge in [0, 0.05) is 24.0 Å². The molecule has 4 nitrogen and oxygen atoms in total. The first kappa shape index (κ1) is 12.8. The maximum absolute atomic E-state index is 12.0. The molecule has 2 heterocycles. The van der Waals surface area contributed by atoms with E-state index in [1.807, 2.05) is 17.0 Å². The van der Waals surface area contributed by atoms with E-state index in [4.69, 9.17) is 9.47 Å². The Kier molecular flexibility index (Phi) is 3.64. The van der Waals surface area contributed by atoms with Crippen LogP contribution in [-0.4, -0.2) is 30.7 Å². The van der Waals surface area contributed by atoms with Crippen molar-refractivity contribution >= 4 is 21.8 Å². The lowest BCUT2D eigenvalue weighted by atomic mass is 10.1. The highest BCUT2D eigenvalue weighted by Crippen LogP contribution is 2.37. The van der Waals surface area contributed by atoms with Gasteiger partial charge in [-0.2, -0.15) is 0 Å². The minimum Gasteiger partial charge on any atom is -0.454 e. The summed E-state index contributed by atoms with van der Waals surface area (Å²) in [6.07, 6.45) is 3.56. The number of ether oxygens (including phenoxy) is 2. The van der Waals surface area contributed by atoms with E-state index in [0.717, 1.165) is 53.9 Å². The molecule has 0 bridgehead atoms. The molecule has 2 aliphatic rings. The first-order valence-electron chi connectivity index (χ1n) is 6.60. The lowest BCUT2D eigenvalue weighted by Gasteiger charge is -2.15. The fourth-order valence-corrected chi connectivity index (χ4v) is 3.04. The fourth-order valence-electron chi connectivity index (χ4n) is 2.52. The van der Waals surface area contributed by atoms with Crippen LogP contribution >= 0.6 is 15.9 Å². The minimum absolute atomic E-state index is 0.252. The van der Waals surface area contributed by atoms with Gasteiger partial charge >= 0.3 is 0 Å². The molecule has 102 valence electrons. The Morgan fingerprint density at radius 3 is 2.63 bits per heavy atom. The molecule has 0 spiro atoms. The van der Waals surface area contributed by atoms with Gasteiger partial charge in [0.15, 0.2) is 11.5 Å². The highest BCUT2D eigenvalue weighted by Gasteiger charge is 2.20. The van der Waals surface area contributed by atoms with Crippen molar-refractivity contribution in [2.75, 3.05) is 19.9 Å². The molecule has 0 saturated carbocycles. The maximum atomic E-state index is 12.0. The zero-order chi connectivity index (χ0) is 13.2. The summed E-state index contributed by atoms with van der Waals surface area (Å²) in [6.45, 7) is 2.11. The second-order valence-corrected chi connectivity index (χ2v) is 5.74. The molecular formula is C14H16BrNO3. The molecule has 1 aromatic carbocycles. The Morgan fingerprint density at radius 2 is 1.89 bits per heavy atom. The fraction of sp³-hybridized carbons (Fsp3) is 0.500. The number of hydrogen-bond donors (Lipinski definition) is 0. The first-order chi connectivity index (χ1) is 9.24. The number of carbonyl (C=O) groups excluding carboxylic acids is 1. The molecular weight excluding hydrogens is 310 g/mol. The quantitative estimate of drug-likeness (QED) is 0.857. The molecule has 1 aromatic rings. The second-order valence-electron chi connectivity index (χ2n) is 4.88. The average molecular weight is 326 g/mol. The summed E-state index contributed by atoms with van der Waals surface area (Å²) in [5.74, 6) is 1.79. The molecule has 0 atom stereocenters. The van der Waals surface area contributed by atoms with Gasteiger partial charge in [0.05, 0.1) is 0 Å². The SMILES string of the molecule is O=C(CCc1cc2c(cc1Br)OCO2)N1CCCC1. The number of hydrogen-bond acceptors (Lipinski definition) is 3. The van der Waals surface area contributed by atoms with Gasteiger partial charge in [0.2, 0.25) is 12.7 Å². The van der Waals surface area contributed by atoms with Crippen LogP contribution < -0.4 is 9.47 Å². The minimum atomic E-state index is 0.252. The molecule has 1 amide bonds. The van der Waals surface area contributed by atoms with Crippen LogP contribution in [0.2, 0.25) is 0 Å². The summed E-state index contributed by atoms with van der Waals surface area (Å²) in [7, 11) is 0. The van der Waals surface area contributed by atoms with Crippen molar-refractivity contribution in [3.8, 4) is 11.5 Å². The lowest BCUT2D eigenvalue weighted by Crippen LogP contribution is -2.27. The molecule has 0 N–H and O–H groups in total. The van der Waals surface area contributed by atoms with Crippen LogP contribution in [0.15, 0.2) is 16.6 Å². The van der Waals surface area contributed by atoms with E-state index < -0.39 is 0 Å². The number of amides is 1. The molecule has 0 unspecified atom stereocenters. The number of halogens is 1. The molecule has 0 radical (unpaired) electrons. The predicted molar refractivity (Wildman–Crippen MR) is 74.4 cm³/mol. The summed E-state index contributed by atoms with van der Waals surface area (Å²) in [5, 5.41) is 0. The number of likely N-dealkylation sites (tertiary alicyclic amines) is 1. The van der Waals surface area contributed by atoms with E-state index in [0.29, 0.717) is 6.42 Å². The van der Waals surface area contributed by atoms with Crippen molar-refractivity contribution in [1.82, 2.24) is 4.90 Å². The summed E-state index contributed by atoms with van der Waals surface area (Å²) in [6, 6.07) is 3.88. The topological polar surface area (TPSA) is 38.8 Å². The largest absolute Gasteiger partial charge is 0.454 e. The van der Waals surface area contributed by atoms with E-state index in [1.54, 1.807) is 0 Å². The van der Waals surface area contributed by atoms with Crippen LogP contribution in [0.3, 0.4) is 0 Å². The van der Waals surface area contributed by atoms with Crippen LogP contribution in [0.1, 0.15) is 24.8 Å². The highest BCUT2D eigenvalue weighted by molar-refractivity contribution is 9.10. The van der Waals surface area contributed by atoms with Crippen LogP contribution in [0.25, 0.3) is 0 Å². The third-order valence-corrected chi connectivity index (χ3v) is 4.35. The van der Waals surface area contributed by atoms with Gasteiger partial charge in [0.25, 0.3) is 0 Å². The third-order valence-electron chi connectivity index (χ3n) is 3.61. The molecule has 5 heteroatoms. The van der Waals surface area contributed by atoms with Gasteiger partial charge in [-0.1, -0.05) is 15.9 Å². The second kappa shape index (κ2) is 5.41. The van der Waals surface area contributed by atoms with Crippen molar-refractivity contribution in [1.29, 1.82) is 0 Å². The Labute approximate surface area is 120 Å². The monoisotopic (exact) mass is 325 g/mol. The molecule has 0 aliphatic carbocycles. The molecule has 1 saturated heterocycles. The summed E-state index contributed by atoms with van der Waals surface area (Å²) < 4.78 is 11.7. The van der Waals surface area contributed by atoms with Gasteiger partial charge in [-0.25, -0.2) is 0 Å². The van der Waals surface area contributed by atoms with E-state index >= 15 is 0 Å². The smallest absolute Gasteiger partial charge is 0.231 e. The molecule has 2 aliphatic heterocycles. The molecule has 19 heavy (non-hydrogen) atoms.